The lowest BCUT2D eigenvalue weighted by atomic mass is 10.2. The van der Waals surface area contributed by atoms with Gasteiger partial charge >= 0.3 is 0 Å². The van der Waals surface area contributed by atoms with Crippen LogP contribution in [0.4, 0.5) is 11.6 Å². The van der Waals surface area contributed by atoms with E-state index in [2.05, 4.69) is 25.3 Å². The highest BCUT2D eigenvalue weighted by Crippen LogP contribution is 2.43. The summed E-state index contributed by atoms with van der Waals surface area (Å²) in [7, 11) is -4.55. The van der Waals surface area contributed by atoms with Gasteiger partial charge in [0.05, 0.1) is 26.5 Å². The highest BCUT2D eigenvalue weighted by atomic mass is 35.5. The Morgan fingerprint density at radius 3 is 2.52 bits per heavy atom. The van der Waals surface area contributed by atoms with Crippen LogP contribution in [0.15, 0.2) is 53.9 Å². The first-order valence-electron chi connectivity index (χ1n) is 7.48. The molecule has 0 saturated carbocycles. The molecule has 0 aliphatic rings. The zero-order valence-corrected chi connectivity index (χ0v) is 15.8. The Morgan fingerprint density at radius 2 is 1.81 bits per heavy atom. The van der Waals surface area contributed by atoms with Crippen molar-refractivity contribution in [1.82, 2.24) is 19.9 Å². The van der Waals surface area contributed by atoms with Gasteiger partial charge in [0, 0.05) is 0 Å². The SMILES string of the molecule is O=S(=O)(O)c1ccc(Cl)c(-c2nc3ccccc3s2)c1Nc1ncncn1. The van der Waals surface area contributed by atoms with E-state index in [1.807, 2.05) is 24.3 Å². The fourth-order valence-corrected chi connectivity index (χ4v) is 4.49. The van der Waals surface area contributed by atoms with Crippen LogP contribution in [0.1, 0.15) is 0 Å². The third kappa shape index (κ3) is 3.47. The smallest absolute Gasteiger partial charge is 0.296 e. The predicted molar refractivity (Wildman–Crippen MR) is 103 cm³/mol. The van der Waals surface area contributed by atoms with E-state index < -0.39 is 10.1 Å². The first kappa shape index (κ1) is 17.7. The van der Waals surface area contributed by atoms with Crippen LogP contribution in [-0.2, 0) is 10.1 Å². The molecule has 2 aromatic heterocycles. The molecule has 0 amide bonds. The number of anilines is 2. The van der Waals surface area contributed by atoms with Crippen molar-refractivity contribution in [2.75, 3.05) is 5.32 Å². The molecule has 2 heterocycles. The van der Waals surface area contributed by atoms with Crippen LogP contribution in [0.2, 0.25) is 5.02 Å². The fraction of sp³-hybridized carbons (Fsp3) is 0. The van der Waals surface area contributed by atoms with Gasteiger partial charge in [-0.1, -0.05) is 23.7 Å². The van der Waals surface area contributed by atoms with Crippen molar-refractivity contribution in [3.63, 3.8) is 0 Å². The van der Waals surface area contributed by atoms with Crippen molar-refractivity contribution in [2.45, 2.75) is 4.90 Å². The van der Waals surface area contributed by atoms with Gasteiger partial charge in [0.15, 0.2) is 0 Å². The first-order valence-corrected chi connectivity index (χ1v) is 10.1. The monoisotopic (exact) mass is 419 g/mol. The summed E-state index contributed by atoms with van der Waals surface area (Å²) < 4.78 is 34.4. The van der Waals surface area contributed by atoms with E-state index in [0.29, 0.717) is 10.6 Å². The summed E-state index contributed by atoms with van der Waals surface area (Å²) in [6.07, 6.45) is 2.51. The minimum atomic E-state index is -4.55. The zero-order chi connectivity index (χ0) is 19.0. The fourth-order valence-electron chi connectivity index (χ4n) is 2.50. The van der Waals surface area contributed by atoms with E-state index in [-0.39, 0.29) is 21.6 Å². The molecule has 11 heteroatoms. The molecule has 27 heavy (non-hydrogen) atoms. The molecule has 0 spiro atoms. The van der Waals surface area contributed by atoms with Crippen molar-refractivity contribution in [3.8, 4) is 10.6 Å². The van der Waals surface area contributed by atoms with E-state index in [0.717, 1.165) is 10.2 Å². The minimum absolute atomic E-state index is 0.0373. The average molecular weight is 420 g/mol. The van der Waals surface area contributed by atoms with Crippen LogP contribution in [0.3, 0.4) is 0 Å². The Balaban J connectivity index is 1.99. The van der Waals surface area contributed by atoms with Crippen LogP contribution in [0.5, 0.6) is 0 Å². The summed E-state index contributed by atoms with van der Waals surface area (Å²) in [5.41, 5.74) is 1.11. The molecule has 8 nitrogen and oxygen atoms in total. The Hall–Kier alpha value is -2.66. The summed E-state index contributed by atoms with van der Waals surface area (Å²) in [5.74, 6) is 0.0968. The van der Waals surface area contributed by atoms with Gasteiger partial charge in [-0.15, -0.1) is 11.3 Å². The summed E-state index contributed by atoms with van der Waals surface area (Å²) >= 11 is 7.72. The topological polar surface area (TPSA) is 118 Å². The molecule has 2 N–H and O–H groups in total. The number of hydrogen-bond donors (Lipinski definition) is 2. The molecule has 4 aromatic rings. The number of aromatic nitrogens is 4. The van der Waals surface area contributed by atoms with Crippen molar-refractivity contribution in [3.05, 3.63) is 54.1 Å². The molecular formula is C16H10ClN5O3S2. The Morgan fingerprint density at radius 1 is 1.07 bits per heavy atom. The van der Waals surface area contributed by atoms with Gasteiger partial charge in [0.25, 0.3) is 10.1 Å². The molecule has 4 rings (SSSR count). The van der Waals surface area contributed by atoms with Gasteiger partial charge in [-0.2, -0.15) is 8.42 Å². The van der Waals surface area contributed by atoms with E-state index in [4.69, 9.17) is 11.6 Å². The van der Waals surface area contributed by atoms with Crippen LogP contribution >= 0.6 is 22.9 Å². The summed E-state index contributed by atoms with van der Waals surface area (Å²) in [5, 5.41) is 3.56. The molecule has 2 aromatic carbocycles. The number of benzene rings is 2. The minimum Gasteiger partial charge on any atom is -0.322 e. The Bertz CT molecular complexity index is 1210. The highest BCUT2D eigenvalue weighted by Gasteiger charge is 2.24. The maximum atomic E-state index is 11.9. The summed E-state index contributed by atoms with van der Waals surface area (Å²) in [4.78, 5) is 15.8. The van der Waals surface area contributed by atoms with Crippen LogP contribution in [-0.4, -0.2) is 32.9 Å². The normalized spacial score (nSPS) is 11.6. The first-order chi connectivity index (χ1) is 12.9. The van der Waals surface area contributed by atoms with E-state index in [1.54, 1.807) is 0 Å². The second-order valence-corrected chi connectivity index (χ2v) is 8.17. The summed E-state index contributed by atoms with van der Waals surface area (Å²) in [6.45, 7) is 0. The van der Waals surface area contributed by atoms with Crippen LogP contribution in [0.25, 0.3) is 20.8 Å². The number of rotatable bonds is 4. The zero-order valence-electron chi connectivity index (χ0n) is 13.4. The second kappa shape index (κ2) is 6.82. The predicted octanol–water partition coefficient (Wildman–Crippen LogP) is 3.79. The maximum Gasteiger partial charge on any atom is 0.296 e. The molecular weight excluding hydrogens is 410 g/mol. The lowest BCUT2D eigenvalue weighted by molar-refractivity contribution is 0.483. The van der Waals surface area contributed by atoms with Gasteiger partial charge < -0.3 is 5.32 Å². The third-order valence-electron chi connectivity index (χ3n) is 3.63. The quantitative estimate of drug-likeness (QED) is 0.479. The van der Waals surface area contributed by atoms with Gasteiger partial charge in [0.1, 0.15) is 22.6 Å². The molecule has 0 bridgehead atoms. The van der Waals surface area contributed by atoms with E-state index >= 15 is 0 Å². The van der Waals surface area contributed by atoms with Gasteiger partial charge in [-0.3, -0.25) is 4.55 Å². The molecule has 0 fully saturated rings. The molecule has 0 saturated heterocycles. The van der Waals surface area contributed by atoms with Gasteiger partial charge in [-0.25, -0.2) is 19.9 Å². The molecule has 0 radical (unpaired) electrons. The Kier molecular flexibility index (Phi) is 4.48. The van der Waals surface area contributed by atoms with Gasteiger partial charge in [-0.05, 0) is 24.3 Å². The van der Waals surface area contributed by atoms with Crippen molar-refractivity contribution >= 4 is 54.9 Å². The highest BCUT2D eigenvalue weighted by molar-refractivity contribution is 7.86. The molecule has 0 aliphatic carbocycles. The molecule has 0 atom stereocenters. The number of nitrogens with one attached hydrogen (secondary N) is 1. The van der Waals surface area contributed by atoms with E-state index in [1.165, 1.54) is 36.1 Å². The van der Waals surface area contributed by atoms with E-state index in [9.17, 15) is 13.0 Å². The number of fused-ring (bicyclic) bond motifs is 1. The number of para-hydroxylation sites is 1. The van der Waals surface area contributed by atoms with Crippen molar-refractivity contribution in [1.29, 1.82) is 0 Å². The van der Waals surface area contributed by atoms with Crippen molar-refractivity contribution < 1.29 is 13.0 Å². The van der Waals surface area contributed by atoms with Crippen LogP contribution in [0, 0.1) is 0 Å². The largest absolute Gasteiger partial charge is 0.322 e. The number of nitrogens with zero attached hydrogens (tertiary/aromatic N) is 4. The molecule has 136 valence electrons. The van der Waals surface area contributed by atoms with Crippen molar-refractivity contribution in [2.24, 2.45) is 0 Å². The van der Waals surface area contributed by atoms with Crippen LogP contribution < -0.4 is 5.32 Å². The lowest BCUT2D eigenvalue weighted by Crippen LogP contribution is -2.07. The Labute approximate surface area is 162 Å². The average Bonchev–Trinajstić information content (AvgIpc) is 3.05. The lowest BCUT2D eigenvalue weighted by Gasteiger charge is -2.14. The summed E-state index contributed by atoms with van der Waals surface area (Å²) in [6, 6.07) is 10.1. The maximum absolute atomic E-state index is 11.9. The number of halogens is 1. The molecule has 0 aliphatic heterocycles. The van der Waals surface area contributed by atoms with Gasteiger partial charge in [0.2, 0.25) is 5.95 Å². The number of thiazole rings is 1. The molecule has 0 unspecified atom stereocenters. The standard InChI is InChI=1S/C16H10ClN5O3S2/c17-9-5-6-12(27(23,24)25)14(22-16-19-7-18-8-20-16)13(9)15-21-10-3-1-2-4-11(10)26-15/h1-8H,(H,23,24,25)(H,18,19,20,22). The second-order valence-electron chi connectivity index (χ2n) is 5.34. The third-order valence-corrected chi connectivity index (χ3v) is 5.90. The number of hydrogen-bond acceptors (Lipinski definition) is 8.